The van der Waals surface area contributed by atoms with Crippen molar-refractivity contribution in [2.75, 3.05) is 4.90 Å². The summed E-state index contributed by atoms with van der Waals surface area (Å²) in [5.41, 5.74) is 36.4. The molecular formula is C86H55N. The molecule has 0 N–H and O–H groups in total. The molecule has 1 heterocycles. The van der Waals surface area contributed by atoms with Gasteiger partial charge in [-0.2, -0.15) is 0 Å². The zero-order chi connectivity index (χ0) is 57.0. The third kappa shape index (κ3) is 6.53. The molecule has 1 heteroatoms. The molecule has 0 bridgehead atoms. The molecule has 3 unspecified atom stereocenters. The third-order valence-electron chi connectivity index (χ3n) is 20.4. The summed E-state index contributed by atoms with van der Waals surface area (Å²) in [7, 11) is 0. The van der Waals surface area contributed by atoms with Crippen LogP contribution < -0.4 is 4.90 Å². The number of anilines is 2. The van der Waals surface area contributed by atoms with Crippen molar-refractivity contribution >= 4 is 11.4 Å². The van der Waals surface area contributed by atoms with Gasteiger partial charge in [0.2, 0.25) is 0 Å². The van der Waals surface area contributed by atoms with Crippen LogP contribution in [0, 0.1) is 0 Å². The second-order valence-corrected chi connectivity index (χ2v) is 24.4. The summed E-state index contributed by atoms with van der Waals surface area (Å²) < 4.78 is 0. The van der Waals surface area contributed by atoms with Crippen molar-refractivity contribution in [2.45, 2.75) is 22.8 Å². The van der Waals surface area contributed by atoms with Crippen LogP contribution in [0.2, 0.25) is 0 Å². The number of hydrogen-bond donors (Lipinski definition) is 0. The molecule has 0 aromatic heterocycles. The minimum atomic E-state index is -0.546. The average Bonchev–Trinajstić information content (AvgIpc) is 1.52. The Bertz CT molecular complexity index is 5030. The molecule has 13 aromatic rings. The van der Waals surface area contributed by atoms with E-state index >= 15 is 0 Å². The van der Waals surface area contributed by atoms with Crippen LogP contribution >= 0.6 is 0 Å². The molecule has 87 heavy (non-hydrogen) atoms. The number of hydrogen-bond acceptors (Lipinski definition) is 1. The van der Waals surface area contributed by atoms with E-state index in [4.69, 9.17) is 0 Å². The van der Waals surface area contributed by atoms with Gasteiger partial charge in [0.05, 0.1) is 22.6 Å². The lowest BCUT2D eigenvalue weighted by atomic mass is 9.70. The smallest absolute Gasteiger partial charge is 0.0726 e. The highest BCUT2D eigenvalue weighted by molar-refractivity contribution is 6.05. The van der Waals surface area contributed by atoms with Gasteiger partial charge in [0.25, 0.3) is 0 Å². The standard InChI is InChI=1S/C86H55N/c1-3-23-54(24-4-1)59-50-60(55-25-5-2-6-26-55)52-61(51-59)56-27-19-28-57(49-56)63-37-21-44-77-81(63)69-34-9-15-41-74(69)86(77)75-42-16-10-35-70(75)82-64(38-22-45-78(82)86)58-29-20-30-62(53-58)87-80-46-18-12-33-67(80)68-47-48-79-83(84(68)87)71-36-11-17-43-76(71)85(79)72-39-13-7-31-65(72)66-32-8-14-40-73(66)85/h1-53,67,80H. The largest absolute Gasteiger partial charge is 0.333 e. The van der Waals surface area contributed by atoms with Gasteiger partial charge in [-0.25, -0.2) is 0 Å². The van der Waals surface area contributed by atoms with E-state index in [2.05, 4.69) is 326 Å². The lowest BCUT2D eigenvalue weighted by Gasteiger charge is -2.32. The molecule has 3 atom stereocenters. The van der Waals surface area contributed by atoms with E-state index in [-0.39, 0.29) is 12.0 Å². The Labute approximate surface area is 507 Å². The predicted octanol–water partition coefficient (Wildman–Crippen LogP) is 21.4. The maximum atomic E-state index is 2.70. The molecule has 404 valence electrons. The van der Waals surface area contributed by atoms with E-state index in [0.29, 0.717) is 0 Å². The first-order valence-electron chi connectivity index (χ1n) is 30.7. The lowest BCUT2D eigenvalue weighted by Crippen LogP contribution is -2.29. The van der Waals surface area contributed by atoms with Crippen LogP contribution in [0.1, 0.15) is 56.0 Å². The van der Waals surface area contributed by atoms with Crippen molar-refractivity contribution < 1.29 is 0 Å². The van der Waals surface area contributed by atoms with Crippen molar-refractivity contribution in [3.8, 4) is 100 Å². The normalized spacial score (nSPS) is 17.4. The summed E-state index contributed by atoms with van der Waals surface area (Å²) in [4.78, 5) is 2.70. The van der Waals surface area contributed by atoms with Crippen LogP contribution in [-0.4, -0.2) is 6.04 Å². The Morgan fingerprint density at radius 3 is 1.17 bits per heavy atom. The van der Waals surface area contributed by atoms with Crippen molar-refractivity contribution in [3.05, 3.63) is 372 Å². The van der Waals surface area contributed by atoms with Gasteiger partial charge < -0.3 is 4.90 Å². The number of allylic oxidation sites excluding steroid dienone is 2. The highest BCUT2D eigenvalue weighted by Gasteiger charge is 2.55. The van der Waals surface area contributed by atoms with Crippen molar-refractivity contribution in [3.63, 3.8) is 0 Å². The second kappa shape index (κ2) is 18.3. The fourth-order valence-electron chi connectivity index (χ4n) is 17.1. The molecule has 5 aliphatic carbocycles. The number of benzene rings is 13. The van der Waals surface area contributed by atoms with Crippen LogP contribution in [0.15, 0.2) is 322 Å². The zero-order valence-electron chi connectivity index (χ0n) is 47.7. The lowest BCUT2D eigenvalue weighted by molar-refractivity contribution is 0.745. The number of rotatable bonds is 6. The maximum absolute atomic E-state index is 2.70. The van der Waals surface area contributed by atoms with Gasteiger partial charge in [0, 0.05) is 17.2 Å². The molecule has 2 spiro atoms. The van der Waals surface area contributed by atoms with Gasteiger partial charge in [-0.05, 0) is 181 Å². The van der Waals surface area contributed by atoms with E-state index < -0.39 is 10.8 Å². The average molecular weight is 1100 g/mol. The van der Waals surface area contributed by atoms with Gasteiger partial charge in [-0.3, -0.25) is 0 Å². The van der Waals surface area contributed by atoms with Gasteiger partial charge in [-0.1, -0.05) is 285 Å². The zero-order valence-corrected chi connectivity index (χ0v) is 47.7. The Morgan fingerprint density at radius 2 is 0.609 bits per heavy atom. The molecule has 19 rings (SSSR count). The molecular weight excluding hydrogens is 1050 g/mol. The molecule has 0 amide bonds. The summed E-state index contributed by atoms with van der Waals surface area (Å²) >= 11 is 0. The predicted molar refractivity (Wildman–Crippen MR) is 360 cm³/mol. The second-order valence-electron chi connectivity index (χ2n) is 24.4. The van der Waals surface area contributed by atoms with Crippen molar-refractivity contribution in [1.82, 2.24) is 0 Å². The molecule has 0 saturated heterocycles. The first-order chi connectivity index (χ1) is 43.2. The van der Waals surface area contributed by atoms with Gasteiger partial charge in [0.15, 0.2) is 0 Å². The Hall–Kier alpha value is -10.9. The molecule has 0 radical (unpaired) electrons. The van der Waals surface area contributed by atoms with E-state index in [9.17, 15) is 0 Å². The first-order valence-corrected chi connectivity index (χ1v) is 30.7. The topological polar surface area (TPSA) is 3.24 Å². The van der Waals surface area contributed by atoms with E-state index in [1.807, 2.05) is 0 Å². The quantitative estimate of drug-likeness (QED) is 0.160. The molecule has 0 fully saturated rings. The van der Waals surface area contributed by atoms with Gasteiger partial charge in [-0.15, -0.1) is 0 Å². The van der Waals surface area contributed by atoms with E-state index in [0.717, 1.165) is 0 Å². The Morgan fingerprint density at radius 1 is 0.241 bits per heavy atom. The van der Waals surface area contributed by atoms with Crippen molar-refractivity contribution in [1.29, 1.82) is 0 Å². The molecule has 1 aliphatic heterocycles. The molecule has 13 aromatic carbocycles. The summed E-state index contributed by atoms with van der Waals surface area (Å²) in [6, 6.07) is 113. The highest BCUT2D eigenvalue weighted by atomic mass is 15.2. The summed E-state index contributed by atoms with van der Waals surface area (Å²) in [5, 5.41) is 0. The first kappa shape index (κ1) is 48.5. The fourth-order valence-corrected chi connectivity index (χ4v) is 17.1. The van der Waals surface area contributed by atoms with Crippen LogP contribution in [0.25, 0.3) is 100 Å². The number of fused-ring (bicyclic) bond motifs is 24. The molecule has 6 aliphatic rings. The van der Waals surface area contributed by atoms with Crippen LogP contribution in [-0.2, 0) is 10.8 Å². The Balaban J connectivity index is 0.772. The molecule has 0 saturated carbocycles. The summed E-state index contributed by atoms with van der Waals surface area (Å²) in [6.07, 6.45) is 9.38. The minimum absolute atomic E-state index is 0.108. The third-order valence-corrected chi connectivity index (χ3v) is 20.4. The van der Waals surface area contributed by atoms with E-state index in [1.165, 1.54) is 162 Å². The minimum Gasteiger partial charge on any atom is -0.333 e. The number of nitrogens with zero attached hydrogens (tertiary/aromatic N) is 1. The van der Waals surface area contributed by atoms with Gasteiger partial charge in [0.1, 0.15) is 0 Å². The SMILES string of the molecule is C1=CC2c3ccc4c(c3N(c3cccc(-c5cccc6c5-c5ccccc5C65c6ccccc6-c6c(-c7cccc(-c8cc(-c9ccccc9)cc(-c9ccccc9)c8)c7)cccc65)c3)C2C=C1)-c1ccccc1C41c2ccccc2-c2ccccc21. The maximum Gasteiger partial charge on any atom is 0.0726 e. The Kier molecular flexibility index (Phi) is 10.2. The van der Waals surface area contributed by atoms with Crippen LogP contribution in [0.4, 0.5) is 11.4 Å². The van der Waals surface area contributed by atoms with Crippen LogP contribution in [0.3, 0.4) is 0 Å². The van der Waals surface area contributed by atoms with Crippen LogP contribution in [0.5, 0.6) is 0 Å². The fraction of sp³-hybridized carbons (Fsp3) is 0.0465. The van der Waals surface area contributed by atoms with Crippen molar-refractivity contribution in [2.24, 2.45) is 0 Å². The summed E-state index contributed by atoms with van der Waals surface area (Å²) in [5.74, 6) is 0.201. The monoisotopic (exact) mass is 1100 g/mol. The van der Waals surface area contributed by atoms with Gasteiger partial charge >= 0.3 is 0 Å². The summed E-state index contributed by atoms with van der Waals surface area (Å²) in [6.45, 7) is 0. The van der Waals surface area contributed by atoms with E-state index in [1.54, 1.807) is 0 Å². The molecule has 1 nitrogen and oxygen atoms in total. The highest BCUT2D eigenvalue weighted by Crippen LogP contribution is 2.68.